The monoisotopic (exact) mass is 235 g/mol. The maximum Gasteiger partial charge on any atom is 0.223 e. The first-order chi connectivity index (χ1) is 8.15. The van der Waals surface area contributed by atoms with Crippen LogP contribution in [0.1, 0.15) is 43.5 Å². The van der Waals surface area contributed by atoms with Gasteiger partial charge in [0.25, 0.3) is 0 Å². The number of hydrogen-bond acceptors (Lipinski definition) is 4. The maximum absolute atomic E-state index is 10.0. The Balaban J connectivity index is 2.07. The van der Waals surface area contributed by atoms with Gasteiger partial charge in [0, 0.05) is 11.4 Å². The number of aryl methyl sites for hydroxylation is 2. The molecule has 0 aliphatic heterocycles. The molecule has 2 N–H and O–H groups in total. The predicted molar refractivity (Wildman–Crippen MR) is 68.0 cm³/mol. The summed E-state index contributed by atoms with van der Waals surface area (Å²) in [5.41, 5.74) is 1.92. The summed E-state index contributed by atoms with van der Waals surface area (Å²) in [7, 11) is 0. The Hall–Kier alpha value is -1.16. The van der Waals surface area contributed by atoms with Gasteiger partial charge >= 0.3 is 0 Å². The van der Waals surface area contributed by atoms with Crippen molar-refractivity contribution in [3.8, 4) is 0 Å². The first-order valence-corrected chi connectivity index (χ1v) is 6.42. The lowest BCUT2D eigenvalue weighted by Gasteiger charge is -2.21. The molecule has 0 aromatic carbocycles. The van der Waals surface area contributed by atoms with E-state index in [2.05, 4.69) is 15.3 Å². The summed E-state index contributed by atoms with van der Waals surface area (Å²) in [4.78, 5) is 8.72. The first-order valence-electron chi connectivity index (χ1n) is 6.42. The third-order valence-corrected chi connectivity index (χ3v) is 3.28. The molecule has 94 valence electrons. The molecule has 1 aromatic rings. The quantitative estimate of drug-likeness (QED) is 0.772. The largest absolute Gasteiger partial charge is 0.391 e. The third kappa shape index (κ3) is 3.40. The molecule has 1 aliphatic carbocycles. The highest BCUT2D eigenvalue weighted by Crippen LogP contribution is 2.20. The second-order valence-electron chi connectivity index (χ2n) is 4.93. The molecule has 4 nitrogen and oxygen atoms in total. The molecule has 1 aromatic heterocycles. The van der Waals surface area contributed by atoms with E-state index in [1.165, 1.54) is 12.8 Å². The lowest BCUT2D eigenvalue weighted by Crippen LogP contribution is -2.33. The number of nitrogens with one attached hydrogen (secondary N) is 1. The fraction of sp³-hybridized carbons (Fsp3) is 0.692. The zero-order valence-corrected chi connectivity index (χ0v) is 10.6. The molecular formula is C13H21N3O. The molecule has 0 saturated heterocycles. The smallest absolute Gasteiger partial charge is 0.223 e. The third-order valence-electron chi connectivity index (χ3n) is 3.28. The summed E-state index contributed by atoms with van der Waals surface area (Å²) in [5.74, 6) is 0.647. The van der Waals surface area contributed by atoms with Crippen LogP contribution in [-0.4, -0.2) is 27.2 Å². The van der Waals surface area contributed by atoms with Crippen molar-refractivity contribution in [1.29, 1.82) is 0 Å². The van der Waals surface area contributed by atoms with Crippen LogP contribution in [0, 0.1) is 13.8 Å². The summed E-state index contributed by atoms with van der Waals surface area (Å²) in [6, 6.07) is 2.05. The molecule has 2 atom stereocenters. The Morgan fingerprint density at radius 2 is 1.76 bits per heavy atom. The van der Waals surface area contributed by atoms with Gasteiger partial charge in [-0.25, -0.2) is 9.97 Å². The summed E-state index contributed by atoms with van der Waals surface area (Å²) in [6.07, 6.45) is 5.09. The average Bonchev–Trinajstić information content (AvgIpc) is 2.43. The van der Waals surface area contributed by atoms with E-state index in [-0.39, 0.29) is 12.1 Å². The second kappa shape index (κ2) is 5.45. The van der Waals surface area contributed by atoms with Gasteiger partial charge in [-0.15, -0.1) is 0 Å². The number of anilines is 1. The van der Waals surface area contributed by atoms with Crippen molar-refractivity contribution in [3.63, 3.8) is 0 Å². The standard InChI is InChI=1S/C13H21N3O/c1-9-8-10(2)15-13(14-9)16-11-6-4-3-5-7-12(11)17/h8,11-12,17H,3-7H2,1-2H3,(H,14,15,16)/t11-,12-/m1/s1. The molecule has 1 aliphatic rings. The van der Waals surface area contributed by atoms with E-state index >= 15 is 0 Å². The van der Waals surface area contributed by atoms with Gasteiger partial charge < -0.3 is 10.4 Å². The zero-order chi connectivity index (χ0) is 12.3. The summed E-state index contributed by atoms with van der Waals surface area (Å²) in [6.45, 7) is 3.92. The van der Waals surface area contributed by atoms with Crippen LogP contribution < -0.4 is 5.32 Å². The highest BCUT2D eigenvalue weighted by atomic mass is 16.3. The van der Waals surface area contributed by atoms with Crippen LogP contribution in [0.15, 0.2) is 6.07 Å². The van der Waals surface area contributed by atoms with Crippen molar-refractivity contribution >= 4 is 5.95 Å². The molecular weight excluding hydrogens is 214 g/mol. The Morgan fingerprint density at radius 3 is 2.47 bits per heavy atom. The van der Waals surface area contributed by atoms with E-state index in [4.69, 9.17) is 0 Å². The SMILES string of the molecule is Cc1cc(C)nc(N[C@@H]2CCCCC[C@H]2O)n1. The van der Waals surface area contributed by atoms with E-state index in [1.54, 1.807) is 0 Å². The Bertz CT molecular complexity index is 361. The van der Waals surface area contributed by atoms with Gasteiger partial charge in [0.1, 0.15) is 0 Å². The summed E-state index contributed by atoms with van der Waals surface area (Å²) >= 11 is 0. The number of aliphatic hydroxyl groups is 1. The molecule has 17 heavy (non-hydrogen) atoms. The lowest BCUT2D eigenvalue weighted by atomic mass is 10.1. The van der Waals surface area contributed by atoms with E-state index < -0.39 is 0 Å². The molecule has 4 heteroatoms. The average molecular weight is 235 g/mol. The van der Waals surface area contributed by atoms with Crippen LogP contribution in [0.25, 0.3) is 0 Å². The van der Waals surface area contributed by atoms with Crippen LogP contribution in [0.2, 0.25) is 0 Å². The number of aromatic nitrogens is 2. The molecule has 1 heterocycles. The van der Waals surface area contributed by atoms with Crippen LogP contribution >= 0.6 is 0 Å². The minimum atomic E-state index is -0.276. The van der Waals surface area contributed by atoms with Crippen LogP contribution in [0.3, 0.4) is 0 Å². The normalized spacial score (nSPS) is 25.4. The Kier molecular flexibility index (Phi) is 3.94. The van der Waals surface area contributed by atoms with E-state index in [1.807, 2.05) is 19.9 Å². The van der Waals surface area contributed by atoms with Gasteiger partial charge in [0.05, 0.1) is 12.1 Å². The molecule has 1 fully saturated rings. The van der Waals surface area contributed by atoms with Crippen molar-refractivity contribution in [2.75, 3.05) is 5.32 Å². The molecule has 0 radical (unpaired) electrons. The molecule has 2 rings (SSSR count). The molecule has 0 amide bonds. The summed E-state index contributed by atoms with van der Waals surface area (Å²) < 4.78 is 0. The summed E-state index contributed by atoms with van der Waals surface area (Å²) in [5, 5.41) is 13.3. The maximum atomic E-state index is 10.0. The van der Waals surface area contributed by atoms with Gasteiger partial charge in [-0.05, 0) is 32.8 Å². The lowest BCUT2D eigenvalue weighted by molar-refractivity contribution is 0.144. The highest BCUT2D eigenvalue weighted by Gasteiger charge is 2.22. The van der Waals surface area contributed by atoms with Gasteiger partial charge in [-0.3, -0.25) is 0 Å². The predicted octanol–water partition coefficient (Wildman–Crippen LogP) is 2.20. The minimum Gasteiger partial charge on any atom is -0.391 e. The van der Waals surface area contributed by atoms with E-state index in [0.29, 0.717) is 5.95 Å². The van der Waals surface area contributed by atoms with Crippen molar-refractivity contribution in [2.45, 2.75) is 58.1 Å². The molecule has 0 unspecified atom stereocenters. The molecule has 1 saturated carbocycles. The topological polar surface area (TPSA) is 58.0 Å². The van der Waals surface area contributed by atoms with Crippen molar-refractivity contribution in [1.82, 2.24) is 9.97 Å². The number of rotatable bonds is 2. The fourth-order valence-electron chi connectivity index (χ4n) is 2.41. The Labute approximate surface area is 102 Å². The number of nitrogens with zero attached hydrogens (tertiary/aromatic N) is 2. The number of aliphatic hydroxyl groups excluding tert-OH is 1. The van der Waals surface area contributed by atoms with Crippen molar-refractivity contribution < 1.29 is 5.11 Å². The van der Waals surface area contributed by atoms with E-state index in [9.17, 15) is 5.11 Å². The van der Waals surface area contributed by atoms with Gasteiger partial charge in [0.15, 0.2) is 0 Å². The first kappa shape index (κ1) is 12.3. The zero-order valence-electron chi connectivity index (χ0n) is 10.6. The van der Waals surface area contributed by atoms with Crippen molar-refractivity contribution in [3.05, 3.63) is 17.5 Å². The van der Waals surface area contributed by atoms with Crippen molar-refractivity contribution in [2.24, 2.45) is 0 Å². The fourth-order valence-corrected chi connectivity index (χ4v) is 2.41. The molecule has 0 spiro atoms. The minimum absolute atomic E-state index is 0.0960. The number of hydrogen-bond donors (Lipinski definition) is 2. The second-order valence-corrected chi connectivity index (χ2v) is 4.93. The van der Waals surface area contributed by atoms with E-state index in [0.717, 1.165) is 30.7 Å². The highest BCUT2D eigenvalue weighted by molar-refractivity contribution is 5.29. The van der Waals surface area contributed by atoms with Gasteiger partial charge in [0.2, 0.25) is 5.95 Å². The molecule has 0 bridgehead atoms. The van der Waals surface area contributed by atoms with Gasteiger partial charge in [-0.1, -0.05) is 19.3 Å². The van der Waals surface area contributed by atoms with Gasteiger partial charge in [-0.2, -0.15) is 0 Å². The van der Waals surface area contributed by atoms with Crippen LogP contribution in [0.4, 0.5) is 5.95 Å². The van der Waals surface area contributed by atoms with Crippen LogP contribution in [-0.2, 0) is 0 Å². The Morgan fingerprint density at radius 1 is 1.12 bits per heavy atom. The van der Waals surface area contributed by atoms with Crippen LogP contribution in [0.5, 0.6) is 0 Å².